The number of aromatic carboxylic acids is 1. The van der Waals surface area contributed by atoms with Crippen LogP contribution >= 0.6 is 23.8 Å². The number of carboxylic acids is 1. The maximum atomic E-state index is 11.1. The molecule has 10 heteroatoms. The largest absolute Gasteiger partial charge is 0.545 e. The number of nitrogens with one attached hydrogen (secondary N) is 2. The van der Waals surface area contributed by atoms with Crippen LogP contribution in [-0.2, 0) is 0 Å². The second kappa shape index (κ2) is 5.78. The maximum Gasteiger partial charge on any atom is 0.264 e. The first-order valence-electron chi connectivity index (χ1n) is 6.22. The van der Waals surface area contributed by atoms with Crippen LogP contribution < -0.4 is 10.7 Å². The van der Waals surface area contributed by atoms with Gasteiger partial charge in [-0.3, -0.25) is 14.5 Å². The van der Waals surface area contributed by atoms with Gasteiger partial charge in [0.25, 0.3) is 5.56 Å². The first-order chi connectivity index (χ1) is 11.0. The predicted octanol–water partition coefficient (Wildman–Crippen LogP) is 0.697. The van der Waals surface area contributed by atoms with Gasteiger partial charge in [-0.25, -0.2) is 5.10 Å². The molecule has 0 saturated heterocycles. The van der Waals surface area contributed by atoms with E-state index in [1.54, 1.807) is 6.07 Å². The molecule has 8 nitrogen and oxygen atoms in total. The van der Waals surface area contributed by atoms with Crippen LogP contribution in [0.5, 0.6) is 0 Å². The van der Waals surface area contributed by atoms with Gasteiger partial charge in [0.15, 0.2) is 10.6 Å². The van der Waals surface area contributed by atoms with Crippen LogP contribution in [-0.4, -0.2) is 30.9 Å². The summed E-state index contributed by atoms with van der Waals surface area (Å²) >= 11 is 11.0. The Balaban J connectivity index is 2.22. The van der Waals surface area contributed by atoms with Gasteiger partial charge in [0.2, 0.25) is 0 Å². The topological polar surface area (TPSA) is 119 Å². The standard InChI is InChI=1S/C13H8ClN5O3S/c14-8-2-1-6(5-7(8)12(21)22)19-11(17-18-13(19)23)9-3-4-10(20)16-15-9/h1-5H,(H,16,20)(H,18,23)(H,21,22)/p-1. The van der Waals surface area contributed by atoms with Gasteiger partial charge in [-0.05, 0) is 36.5 Å². The number of halogens is 1. The summed E-state index contributed by atoms with van der Waals surface area (Å²) in [5.74, 6) is -1.10. The van der Waals surface area contributed by atoms with Crippen LogP contribution in [0.2, 0.25) is 5.02 Å². The van der Waals surface area contributed by atoms with E-state index in [0.29, 0.717) is 17.2 Å². The summed E-state index contributed by atoms with van der Waals surface area (Å²) in [6.45, 7) is 0. The highest BCUT2D eigenvalue weighted by Crippen LogP contribution is 2.23. The van der Waals surface area contributed by atoms with Crippen LogP contribution in [0.4, 0.5) is 0 Å². The SMILES string of the molecule is O=C([O-])c1cc(-n2c(-c3ccc(=O)[nH]n3)n[nH]c2=S)ccc1Cl. The molecule has 3 aromatic rings. The van der Waals surface area contributed by atoms with E-state index in [1.165, 1.54) is 28.8 Å². The van der Waals surface area contributed by atoms with Crippen LogP contribution in [0.15, 0.2) is 35.1 Å². The van der Waals surface area contributed by atoms with Gasteiger partial charge in [-0.2, -0.15) is 10.2 Å². The van der Waals surface area contributed by atoms with Crippen LogP contribution in [0.25, 0.3) is 17.2 Å². The smallest absolute Gasteiger partial charge is 0.264 e. The molecule has 0 radical (unpaired) electrons. The third-order valence-corrected chi connectivity index (χ3v) is 3.61. The number of hydrogen-bond acceptors (Lipinski definition) is 6. The van der Waals surface area contributed by atoms with Crippen LogP contribution in [0.3, 0.4) is 0 Å². The highest BCUT2D eigenvalue weighted by atomic mass is 35.5. The second-order valence-electron chi connectivity index (χ2n) is 4.45. The van der Waals surface area contributed by atoms with Crippen molar-refractivity contribution in [3.63, 3.8) is 0 Å². The van der Waals surface area contributed by atoms with Crippen molar-refractivity contribution in [1.82, 2.24) is 25.0 Å². The van der Waals surface area contributed by atoms with Gasteiger partial charge in [0.05, 0.1) is 11.7 Å². The molecule has 1 aromatic carbocycles. The highest BCUT2D eigenvalue weighted by molar-refractivity contribution is 7.71. The average Bonchev–Trinajstić information content (AvgIpc) is 2.90. The summed E-state index contributed by atoms with van der Waals surface area (Å²) in [6, 6.07) is 7.07. The van der Waals surface area contributed by atoms with Crippen molar-refractivity contribution >= 4 is 29.8 Å². The third kappa shape index (κ3) is 2.79. The van der Waals surface area contributed by atoms with Crippen molar-refractivity contribution in [2.45, 2.75) is 0 Å². The summed E-state index contributed by atoms with van der Waals surface area (Å²) < 4.78 is 1.69. The molecule has 2 N–H and O–H groups in total. The highest BCUT2D eigenvalue weighted by Gasteiger charge is 2.14. The molecular weight excluding hydrogens is 342 g/mol. The second-order valence-corrected chi connectivity index (χ2v) is 5.24. The van der Waals surface area contributed by atoms with Gasteiger partial charge in [-0.15, -0.1) is 0 Å². The number of aromatic amines is 2. The molecule has 2 heterocycles. The van der Waals surface area contributed by atoms with E-state index in [1.807, 2.05) is 0 Å². The Hall–Kier alpha value is -2.78. The number of benzene rings is 1. The van der Waals surface area contributed by atoms with Gasteiger partial charge in [0.1, 0.15) is 5.69 Å². The molecule has 0 fully saturated rings. The molecular formula is C13H7ClN5O3S-. The maximum absolute atomic E-state index is 11.1. The predicted molar refractivity (Wildman–Crippen MR) is 81.9 cm³/mol. The number of carbonyl (C=O) groups excluding carboxylic acids is 1. The van der Waals surface area contributed by atoms with E-state index in [0.717, 1.165) is 0 Å². The van der Waals surface area contributed by atoms with Gasteiger partial charge in [-0.1, -0.05) is 11.6 Å². The summed E-state index contributed by atoms with van der Waals surface area (Å²) in [4.78, 5) is 22.2. The number of nitrogens with zero attached hydrogens (tertiary/aromatic N) is 3. The zero-order chi connectivity index (χ0) is 16.6. The molecule has 0 atom stereocenters. The Labute approximate surface area is 138 Å². The van der Waals surface area contributed by atoms with Crippen molar-refractivity contribution in [2.75, 3.05) is 0 Å². The van der Waals surface area contributed by atoms with E-state index >= 15 is 0 Å². The van der Waals surface area contributed by atoms with Crippen molar-refractivity contribution in [1.29, 1.82) is 0 Å². The van der Waals surface area contributed by atoms with Gasteiger partial charge >= 0.3 is 0 Å². The van der Waals surface area contributed by atoms with E-state index in [2.05, 4.69) is 20.4 Å². The Morgan fingerprint density at radius 2 is 2.00 bits per heavy atom. The van der Waals surface area contributed by atoms with Crippen molar-refractivity contribution < 1.29 is 9.90 Å². The lowest BCUT2D eigenvalue weighted by Crippen LogP contribution is -2.22. The van der Waals surface area contributed by atoms with Crippen molar-refractivity contribution in [2.24, 2.45) is 0 Å². The number of aromatic nitrogens is 5. The average molecular weight is 349 g/mol. The lowest BCUT2D eigenvalue weighted by atomic mass is 10.2. The molecule has 0 aliphatic carbocycles. The fourth-order valence-electron chi connectivity index (χ4n) is 1.99. The summed E-state index contributed by atoms with van der Waals surface area (Å²) in [7, 11) is 0. The number of H-pyrrole nitrogens is 2. The first kappa shape index (κ1) is 15.1. The molecule has 0 saturated carbocycles. The van der Waals surface area contributed by atoms with E-state index in [4.69, 9.17) is 23.8 Å². The lowest BCUT2D eigenvalue weighted by Gasteiger charge is -2.10. The molecule has 0 spiro atoms. The Morgan fingerprint density at radius 3 is 2.65 bits per heavy atom. The lowest BCUT2D eigenvalue weighted by molar-refractivity contribution is -0.255. The summed E-state index contributed by atoms with van der Waals surface area (Å²) in [5, 5.41) is 24.0. The molecule has 0 bridgehead atoms. The van der Waals surface area contributed by atoms with E-state index in [9.17, 15) is 14.7 Å². The Bertz CT molecular complexity index is 1000. The number of carbonyl (C=O) groups is 1. The Morgan fingerprint density at radius 1 is 1.22 bits per heavy atom. The Kier molecular flexibility index (Phi) is 3.80. The fraction of sp³-hybridized carbons (Fsp3) is 0. The zero-order valence-corrected chi connectivity index (χ0v) is 12.8. The van der Waals surface area contributed by atoms with Crippen LogP contribution in [0, 0.1) is 4.77 Å². The first-order valence-corrected chi connectivity index (χ1v) is 7.01. The summed E-state index contributed by atoms with van der Waals surface area (Å²) in [5.41, 5.74) is 0.227. The van der Waals surface area contributed by atoms with E-state index < -0.39 is 5.97 Å². The van der Waals surface area contributed by atoms with Gasteiger partial charge < -0.3 is 9.90 Å². The third-order valence-electron chi connectivity index (χ3n) is 3.01. The zero-order valence-electron chi connectivity index (χ0n) is 11.2. The van der Waals surface area contributed by atoms with Crippen molar-refractivity contribution in [3.05, 3.63) is 56.0 Å². The van der Waals surface area contributed by atoms with Crippen molar-refractivity contribution in [3.8, 4) is 17.2 Å². The minimum atomic E-state index is -1.41. The molecule has 116 valence electrons. The molecule has 2 aromatic heterocycles. The molecule has 0 amide bonds. The number of carboxylic acid groups (broad SMARTS) is 1. The molecule has 3 rings (SSSR count). The van der Waals surface area contributed by atoms with Crippen LogP contribution in [0.1, 0.15) is 10.4 Å². The summed E-state index contributed by atoms with van der Waals surface area (Å²) in [6.07, 6.45) is 0. The normalized spacial score (nSPS) is 10.7. The monoisotopic (exact) mass is 348 g/mol. The number of rotatable bonds is 3. The molecule has 23 heavy (non-hydrogen) atoms. The molecule has 0 aliphatic heterocycles. The minimum Gasteiger partial charge on any atom is -0.545 e. The fourth-order valence-corrected chi connectivity index (χ4v) is 2.42. The minimum absolute atomic E-state index is 0.0486. The molecule has 0 unspecified atom stereocenters. The van der Waals surface area contributed by atoms with Gasteiger partial charge in [0, 0.05) is 16.7 Å². The van der Waals surface area contributed by atoms with E-state index in [-0.39, 0.29) is 20.9 Å². The molecule has 0 aliphatic rings. The number of hydrogen-bond donors (Lipinski definition) is 2. The quantitative estimate of drug-likeness (QED) is 0.672.